The molecule has 8 nitrogen and oxygen atoms in total. The highest BCUT2D eigenvalue weighted by atomic mass is 19.1. The van der Waals surface area contributed by atoms with Crippen LogP contribution in [0.1, 0.15) is 32.1 Å². The third kappa shape index (κ3) is 4.78. The molecule has 6 rings (SSSR count). The highest BCUT2D eigenvalue weighted by Crippen LogP contribution is 2.39. The summed E-state index contributed by atoms with van der Waals surface area (Å²) < 4.78 is 15.3. The van der Waals surface area contributed by atoms with Gasteiger partial charge in [0.2, 0.25) is 0 Å². The number of halogens is 1. The summed E-state index contributed by atoms with van der Waals surface area (Å²) in [6.07, 6.45) is 3.66. The Morgan fingerprint density at radius 1 is 1.02 bits per heavy atom. The number of primary amides is 1. The second-order valence-electron chi connectivity index (χ2n) is 9.91. The van der Waals surface area contributed by atoms with Gasteiger partial charge in [-0.1, -0.05) is 24.3 Å². The highest BCUT2D eigenvalue weighted by molar-refractivity contribution is 6.20. The number of nitrogens with two attached hydrogens (primary N) is 1. The Balaban J connectivity index is 1.42. The monoisotopic (exact) mass is 546 g/mol. The summed E-state index contributed by atoms with van der Waals surface area (Å²) in [4.78, 5) is 33.0. The van der Waals surface area contributed by atoms with Crippen molar-refractivity contribution in [2.75, 3.05) is 10.6 Å². The quantitative estimate of drug-likeness (QED) is 0.193. The molecule has 0 radical (unpaired) electrons. The first-order valence-electron chi connectivity index (χ1n) is 13.1. The molecule has 0 spiro atoms. The van der Waals surface area contributed by atoms with Gasteiger partial charge in [-0.15, -0.1) is 0 Å². The van der Waals surface area contributed by atoms with Crippen LogP contribution in [0, 0.1) is 12.7 Å². The fraction of sp³-hybridized carbons (Fsp3) is 0.0938. The molecule has 0 unspecified atom stereocenters. The largest absolute Gasteiger partial charge is 0.378 e. The van der Waals surface area contributed by atoms with Gasteiger partial charge in [-0.3, -0.25) is 9.59 Å². The first-order chi connectivity index (χ1) is 19.8. The molecule has 0 bridgehead atoms. The first kappa shape index (κ1) is 25.8. The average molecular weight is 547 g/mol. The topological polar surface area (TPSA) is 118 Å². The maximum atomic E-state index is 13.3. The molecule has 0 aliphatic heterocycles. The molecule has 2 aromatic heterocycles. The predicted octanol–water partition coefficient (Wildman–Crippen LogP) is 6.13. The van der Waals surface area contributed by atoms with Crippen molar-refractivity contribution in [2.45, 2.75) is 13.5 Å². The molecule has 204 valence electrons. The van der Waals surface area contributed by atoms with E-state index in [4.69, 9.17) is 5.73 Å². The molecule has 5 N–H and O–H groups in total. The molecular formula is C32H27FN6O2. The molecule has 2 amide bonds. The van der Waals surface area contributed by atoms with Crippen LogP contribution < -0.4 is 16.4 Å². The maximum Gasteiger partial charge on any atom is 0.255 e. The number of rotatable bonds is 7. The third-order valence-electron chi connectivity index (χ3n) is 7.37. The van der Waals surface area contributed by atoms with E-state index >= 15 is 0 Å². The number of anilines is 2. The van der Waals surface area contributed by atoms with E-state index in [1.54, 1.807) is 12.3 Å². The van der Waals surface area contributed by atoms with E-state index in [1.807, 2.05) is 67.2 Å². The van der Waals surface area contributed by atoms with Crippen molar-refractivity contribution in [1.82, 2.24) is 14.5 Å². The van der Waals surface area contributed by atoms with Gasteiger partial charge in [0.1, 0.15) is 11.6 Å². The maximum absolute atomic E-state index is 13.3. The zero-order valence-electron chi connectivity index (χ0n) is 22.5. The highest BCUT2D eigenvalue weighted by Gasteiger charge is 2.19. The number of carbonyl (C=O) groups excluding carboxylic acids is 2. The molecular weight excluding hydrogens is 519 g/mol. The number of nitrogens with one attached hydrogen (secondary N) is 3. The number of hydrogen-bond acceptors (Lipinski definition) is 4. The van der Waals surface area contributed by atoms with Crippen molar-refractivity contribution in [2.24, 2.45) is 12.8 Å². The van der Waals surface area contributed by atoms with E-state index < -0.39 is 11.7 Å². The fourth-order valence-electron chi connectivity index (χ4n) is 5.16. The first-order valence-corrected chi connectivity index (χ1v) is 13.1. The number of aromatic nitrogens is 3. The zero-order chi connectivity index (χ0) is 28.7. The second kappa shape index (κ2) is 10.3. The lowest BCUT2D eigenvalue weighted by Gasteiger charge is -2.15. The standard InChI is InChI=1S/C32H27FN6O2/c1-18-22(4-3-5-26(18)38-32(41)19-6-8-20(33)9-7-19)23-12-13-25(31(34)40)30-29(23)24-11-10-21(16-27(24)37-30)36-17-28-35-14-15-39(28)2/h3-16,36-37H,17H2,1-2H3,(H2,34,40)(H,38,41). The van der Waals surface area contributed by atoms with Crippen LogP contribution in [0.3, 0.4) is 0 Å². The lowest BCUT2D eigenvalue weighted by Crippen LogP contribution is -2.13. The van der Waals surface area contributed by atoms with E-state index in [0.29, 0.717) is 28.9 Å². The normalized spacial score (nSPS) is 11.2. The smallest absolute Gasteiger partial charge is 0.255 e. The SMILES string of the molecule is Cc1c(NC(=O)c2ccc(F)cc2)cccc1-c1ccc(C(N)=O)c2[nH]c3cc(NCc4nccn4C)ccc3c12. The van der Waals surface area contributed by atoms with Crippen LogP contribution >= 0.6 is 0 Å². The summed E-state index contributed by atoms with van der Waals surface area (Å²) >= 11 is 0. The minimum absolute atomic E-state index is 0.336. The molecule has 4 aromatic carbocycles. The summed E-state index contributed by atoms with van der Waals surface area (Å²) in [6, 6.07) is 20.7. The van der Waals surface area contributed by atoms with Crippen LogP contribution in [0.4, 0.5) is 15.8 Å². The van der Waals surface area contributed by atoms with Gasteiger partial charge in [-0.05, 0) is 72.1 Å². The van der Waals surface area contributed by atoms with Crippen molar-refractivity contribution in [1.29, 1.82) is 0 Å². The Hall–Kier alpha value is -5.44. The molecule has 0 atom stereocenters. The van der Waals surface area contributed by atoms with E-state index in [9.17, 15) is 14.0 Å². The number of hydrogen-bond donors (Lipinski definition) is 4. The van der Waals surface area contributed by atoms with E-state index in [0.717, 1.165) is 44.5 Å². The minimum atomic E-state index is -0.529. The molecule has 0 aliphatic rings. The number of benzene rings is 4. The number of fused-ring (bicyclic) bond motifs is 3. The number of amides is 2. The molecule has 0 aliphatic carbocycles. The molecule has 0 fully saturated rings. The van der Waals surface area contributed by atoms with Crippen LogP contribution in [0.5, 0.6) is 0 Å². The van der Waals surface area contributed by atoms with Gasteiger partial charge in [0.05, 0.1) is 17.6 Å². The summed E-state index contributed by atoms with van der Waals surface area (Å²) in [5.41, 5.74) is 12.1. The van der Waals surface area contributed by atoms with Crippen molar-refractivity contribution in [3.63, 3.8) is 0 Å². The van der Waals surface area contributed by atoms with Gasteiger partial charge < -0.3 is 25.9 Å². The van der Waals surface area contributed by atoms with Crippen LogP contribution in [0.15, 0.2) is 85.2 Å². The second-order valence-corrected chi connectivity index (χ2v) is 9.91. The van der Waals surface area contributed by atoms with E-state index in [2.05, 4.69) is 20.6 Å². The molecule has 9 heteroatoms. The zero-order valence-corrected chi connectivity index (χ0v) is 22.5. The van der Waals surface area contributed by atoms with Crippen molar-refractivity contribution in [3.8, 4) is 11.1 Å². The van der Waals surface area contributed by atoms with Crippen LogP contribution in [-0.4, -0.2) is 26.3 Å². The van der Waals surface area contributed by atoms with Crippen molar-refractivity contribution in [3.05, 3.63) is 114 Å². The van der Waals surface area contributed by atoms with Gasteiger partial charge >= 0.3 is 0 Å². The molecule has 6 aromatic rings. The van der Waals surface area contributed by atoms with Crippen LogP contribution in [0.25, 0.3) is 32.9 Å². The predicted molar refractivity (Wildman–Crippen MR) is 159 cm³/mol. The molecule has 0 saturated carbocycles. The number of imidazole rings is 1. The van der Waals surface area contributed by atoms with Gasteiger partial charge in [-0.2, -0.15) is 0 Å². The molecule has 41 heavy (non-hydrogen) atoms. The Bertz CT molecular complexity index is 1960. The van der Waals surface area contributed by atoms with Crippen molar-refractivity contribution >= 4 is 45.0 Å². The Labute approximate surface area is 235 Å². The number of aryl methyl sites for hydroxylation is 1. The Kier molecular flexibility index (Phi) is 6.47. The lowest BCUT2D eigenvalue weighted by atomic mass is 9.93. The Morgan fingerprint density at radius 3 is 2.56 bits per heavy atom. The van der Waals surface area contributed by atoms with Crippen LogP contribution in [-0.2, 0) is 13.6 Å². The third-order valence-corrected chi connectivity index (χ3v) is 7.37. The van der Waals surface area contributed by atoms with Gasteiger partial charge in [0.15, 0.2) is 0 Å². The Morgan fingerprint density at radius 2 is 1.83 bits per heavy atom. The summed E-state index contributed by atoms with van der Waals surface area (Å²) in [5.74, 6) is -0.366. The molecule has 0 saturated heterocycles. The summed E-state index contributed by atoms with van der Waals surface area (Å²) in [7, 11) is 1.95. The van der Waals surface area contributed by atoms with Gasteiger partial charge in [0, 0.05) is 52.7 Å². The van der Waals surface area contributed by atoms with E-state index in [1.165, 1.54) is 24.3 Å². The lowest BCUT2D eigenvalue weighted by molar-refractivity contribution is 0.0999. The van der Waals surface area contributed by atoms with E-state index in [-0.39, 0.29) is 5.91 Å². The van der Waals surface area contributed by atoms with Gasteiger partial charge in [-0.25, -0.2) is 9.37 Å². The van der Waals surface area contributed by atoms with Crippen LogP contribution in [0.2, 0.25) is 0 Å². The fourth-order valence-corrected chi connectivity index (χ4v) is 5.16. The number of carbonyl (C=O) groups is 2. The average Bonchev–Trinajstić information content (AvgIpc) is 3.55. The number of aromatic amines is 1. The van der Waals surface area contributed by atoms with Gasteiger partial charge in [0.25, 0.3) is 11.8 Å². The number of nitrogens with zero attached hydrogens (tertiary/aromatic N) is 2. The summed E-state index contributed by atoms with van der Waals surface area (Å²) in [5, 5.41) is 8.14. The minimum Gasteiger partial charge on any atom is -0.378 e. The molecule has 2 heterocycles. The number of H-pyrrole nitrogens is 1. The van der Waals surface area contributed by atoms with Crippen molar-refractivity contribution < 1.29 is 14.0 Å². The summed E-state index contributed by atoms with van der Waals surface area (Å²) in [6.45, 7) is 2.49.